The van der Waals surface area contributed by atoms with Crippen molar-refractivity contribution in [2.45, 2.75) is 20.5 Å². The van der Waals surface area contributed by atoms with Gasteiger partial charge in [0.2, 0.25) is 0 Å². The fraction of sp³-hybridized carbons (Fsp3) is 0.172. The fourth-order valence-corrected chi connectivity index (χ4v) is 3.92. The fourth-order valence-electron chi connectivity index (χ4n) is 3.92. The van der Waals surface area contributed by atoms with Gasteiger partial charge < -0.3 is 14.7 Å². The summed E-state index contributed by atoms with van der Waals surface area (Å²) >= 11 is 0. The van der Waals surface area contributed by atoms with E-state index in [1.165, 1.54) is 27.9 Å². The molecule has 0 aromatic heterocycles. The molecule has 4 aromatic rings. The number of hydrogen-bond acceptors (Lipinski definition) is 3. The Kier molecular flexibility index (Phi) is 6.18. The molecule has 1 N–H and O–H groups in total. The molecular weight excluding hydrogens is 394 g/mol. The molecule has 0 unspecified atom stereocenters. The van der Waals surface area contributed by atoms with Gasteiger partial charge in [0, 0.05) is 19.8 Å². The first kappa shape index (κ1) is 21.5. The first-order chi connectivity index (χ1) is 15.4. The minimum atomic E-state index is 0.152. The SMILES string of the molecule is Cc1cc(-c2ccc(OCc3ccccc3)c(O)c2)c(C)cc1-c1ccc(N(C)C)cc1. The number of ether oxygens (including phenoxy) is 1. The van der Waals surface area contributed by atoms with Crippen LogP contribution in [0.2, 0.25) is 0 Å². The Morgan fingerprint density at radius 1 is 0.719 bits per heavy atom. The highest BCUT2D eigenvalue weighted by Crippen LogP contribution is 2.36. The third-order valence-electron chi connectivity index (χ3n) is 5.77. The van der Waals surface area contributed by atoms with Crippen LogP contribution in [0.1, 0.15) is 16.7 Å². The van der Waals surface area contributed by atoms with E-state index < -0.39 is 0 Å². The molecule has 0 amide bonds. The lowest BCUT2D eigenvalue weighted by molar-refractivity contribution is 0.289. The smallest absolute Gasteiger partial charge is 0.161 e. The summed E-state index contributed by atoms with van der Waals surface area (Å²) in [6.45, 7) is 4.67. The molecule has 0 saturated carbocycles. The third-order valence-corrected chi connectivity index (χ3v) is 5.77. The Bertz CT molecular complexity index is 1210. The van der Waals surface area contributed by atoms with Crippen LogP contribution in [0.4, 0.5) is 5.69 Å². The zero-order chi connectivity index (χ0) is 22.7. The van der Waals surface area contributed by atoms with Gasteiger partial charge in [-0.1, -0.05) is 60.7 Å². The number of nitrogens with zero attached hydrogens (tertiary/aromatic N) is 1. The summed E-state index contributed by atoms with van der Waals surface area (Å²) in [6, 6.07) is 28.6. The molecule has 0 spiro atoms. The van der Waals surface area contributed by atoms with Crippen LogP contribution in [0.15, 0.2) is 84.9 Å². The van der Waals surface area contributed by atoms with E-state index in [0.29, 0.717) is 12.4 Å². The van der Waals surface area contributed by atoms with Gasteiger partial charge in [0.1, 0.15) is 6.61 Å². The molecule has 0 aliphatic rings. The molecule has 162 valence electrons. The molecule has 3 heteroatoms. The van der Waals surface area contributed by atoms with Crippen LogP contribution in [0.5, 0.6) is 11.5 Å². The quantitative estimate of drug-likeness (QED) is 0.363. The number of anilines is 1. The molecule has 0 aliphatic heterocycles. The number of hydrogen-bond donors (Lipinski definition) is 1. The number of benzene rings is 4. The van der Waals surface area contributed by atoms with Gasteiger partial charge in [-0.3, -0.25) is 0 Å². The number of aromatic hydroxyl groups is 1. The van der Waals surface area contributed by atoms with E-state index in [4.69, 9.17) is 4.74 Å². The maximum Gasteiger partial charge on any atom is 0.161 e. The summed E-state index contributed by atoms with van der Waals surface area (Å²) < 4.78 is 5.82. The van der Waals surface area contributed by atoms with Gasteiger partial charge in [0.15, 0.2) is 11.5 Å². The van der Waals surface area contributed by atoms with Crippen molar-refractivity contribution in [1.29, 1.82) is 0 Å². The maximum absolute atomic E-state index is 10.6. The lowest BCUT2D eigenvalue weighted by Crippen LogP contribution is -2.07. The standard InChI is InChI=1S/C29H29NO2/c1-20-17-27(21(2)16-26(20)23-10-13-25(14-11-23)30(3)4)24-12-15-29(28(31)18-24)32-19-22-8-6-5-7-9-22/h5-18,31H,19H2,1-4H3. The molecule has 0 bridgehead atoms. The largest absolute Gasteiger partial charge is 0.504 e. The summed E-state index contributed by atoms with van der Waals surface area (Å²) in [5.74, 6) is 0.642. The first-order valence-corrected chi connectivity index (χ1v) is 10.8. The Morgan fingerprint density at radius 3 is 1.91 bits per heavy atom. The van der Waals surface area contributed by atoms with E-state index in [9.17, 15) is 5.11 Å². The second-order valence-electron chi connectivity index (χ2n) is 8.38. The van der Waals surface area contributed by atoms with Gasteiger partial charge in [0.05, 0.1) is 0 Å². The molecule has 0 aliphatic carbocycles. The molecule has 4 aromatic carbocycles. The van der Waals surface area contributed by atoms with Crippen molar-refractivity contribution in [2.75, 3.05) is 19.0 Å². The normalized spacial score (nSPS) is 10.8. The van der Waals surface area contributed by atoms with Crippen molar-refractivity contribution in [3.63, 3.8) is 0 Å². The molecule has 0 radical (unpaired) electrons. The Balaban J connectivity index is 1.58. The van der Waals surface area contributed by atoms with E-state index >= 15 is 0 Å². The van der Waals surface area contributed by atoms with Gasteiger partial charge in [0.25, 0.3) is 0 Å². The van der Waals surface area contributed by atoms with E-state index in [1.807, 2.05) is 56.6 Å². The highest BCUT2D eigenvalue weighted by atomic mass is 16.5. The minimum Gasteiger partial charge on any atom is -0.504 e. The maximum atomic E-state index is 10.6. The van der Waals surface area contributed by atoms with Crippen LogP contribution >= 0.6 is 0 Å². The van der Waals surface area contributed by atoms with Crippen molar-refractivity contribution < 1.29 is 9.84 Å². The Hall–Kier alpha value is -3.72. The summed E-state index contributed by atoms with van der Waals surface area (Å²) in [4.78, 5) is 2.10. The van der Waals surface area contributed by atoms with Gasteiger partial charge in [-0.15, -0.1) is 0 Å². The minimum absolute atomic E-state index is 0.152. The summed E-state index contributed by atoms with van der Waals surface area (Å²) in [7, 11) is 4.10. The van der Waals surface area contributed by atoms with Crippen molar-refractivity contribution in [1.82, 2.24) is 0 Å². The van der Waals surface area contributed by atoms with E-state index in [0.717, 1.165) is 16.7 Å². The van der Waals surface area contributed by atoms with Gasteiger partial charge in [-0.2, -0.15) is 0 Å². The van der Waals surface area contributed by atoms with Crippen LogP contribution in [-0.4, -0.2) is 19.2 Å². The van der Waals surface area contributed by atoms with Crippen LogP contribution in [0.25, 0.3) is 22.3 Å². The number of phenolic OH excluding ortho intramolecular Hbond substituents is 1. The summed E-state index contributed by atoms with van der Waals surface area (Å²) in [5, 5.41) is 10.6. The number of phenols is 1. The molecule has 0 saturated heterocycles. The molecule has 0 atom stereocenters. The average molecular weight is 424 g/mol. The molecular formula is C29H29NO2. The zero-order valence-electron chi connectivity index (χ0n) is 19.1. The monoisotopic (exact) mass is 423 g/mol. The Morgan fingerprint density at radius 2 is 1.31 bits per heavy atom. The lowest BCUT2D eigenvalue weighted by atomic mass is 9.91. The first-order valence-electron chi connectivity index (χ1n) is 10.8. The van der Waals surface area contributed by atoms with E-state index in [-0.39, 0.29) is 5.75 Å². The van der Waals surface area contributed by atoms with Gasteiger partial charge in [-0.25, -0.2) is 0 Å². The predicted octanol–water partition coefficient (Wildman–Crippen LogP) is 6.99. The zero-order valence-corrected chi connectivity index (χ0v) is 19.1. The predicted molar refractivity (Wildman–Crippen MR) is 134 cm³/mol. The average Bonchev–Trinajstić information content (AvgIpc) is 2.80. The highest BCUT2D eigenvalue weighted by molar-refractivity contribution is 5.78. The topological polar surface area (TPSA) is 32.7 Å². The Labute approximate surface area is 190 Å². The second kappa shape index (κ2) is 9.19. The van der Waals surface area contributed by atoms with Crippen molar-refractivity contribution in [2.24, 2.45) is 0 Å². The van der Waals surface area contributed by atoms with Crippen LogP contribution in [0, 0.1) is 13.8 Å². The van der Waals surface area contributed by atoms with Crippen LogP contribution in [0.3, 0.4) is 0 Å². The van der Waals surface area contributed by atoms with Crippen molar-refractivity contribution >= 4 is 5.69 Å². The van der Waals surface area contributed by atoms with Crippen LogP contribution < -0.4 is 9.64 Å². The summed E-state index contributed by atoms with van der Waals surface area (Å²) in [5.41, 5.74) is 9.14. The van der Waals surface area contributed by atoms with Crippen molar-refractivity contribution in [3.05, 3.63) is 102 Å². The van der Waals surface area contributed by atoms with Gasteiger partial charge >= 0.3 is 0 Å². The number of aryl methyl sites for hydroxylation is 2. The molecule has 32 heavy (non-hydrogen) atoms. The van der Waals surface area contributed by atoms with E-state index in [2.05, 4.69) is 55.1 Å². The molecule has 3 nitrogen and oxygen atoms in total. The third kappa shape index (κ3) is 4.62. The second-order valence-corrected chi connectivity index (χ2v) is 8.38. The van der Waals surface area contributed by atoms with E-state index in [1.54, 1.807) is 6.07 Å². The van der Waals surface area contributed by atoms with Gasteiger partial charge in [-0.05, 0) is 77.1 Å². The van der Waals surface area contributed by atoms with Crippen molar-refractivity contribution in [3.8, 4) is 33.8 Å². The number of rotatable bonds is 6. The molecule has 4 rings (SSSR count). The summed E-state index contributed by atoms with van der Waals surface area (Å²) in [6.07, 6.45) is 0. The molecule has 0 fully saturated rings. The molecule has 0 heterocycles. The van der Waals surface area contributed by atoms with Crippen LogP contribution in [-0.2, 0) is 6.61 Å². The highest BCUT2D eigenvalue weighted by Gasteiger charge is 2.11. The lowest BCUT2D eigenvalue weighted by Gasteiger charge is -2.16.